The highest BCUT2D eigenvalue weighted by molar-refractivity contribution is 5.91. The van der Waals surface area contributed by atoms with Crippen molar-refractivity contribution in [3.05, 3.63) is 59.2 Å². The quantitative estimate of drug-likeness (QED) is 0.762. The van der Waals surface area contributed by atoms with E-state index in [1.807, 2.05) is 56.3 Å². The lowest BCUT2D eigenvalue weighted by Gasteiger charge is -2.18. The molecule has 0 aliphatic heterocycles. The summed E-state index contributed by atoms with van der Waals surface area (Å²) in [6, 6.07) is 13.6. The smallest absolute Gasteiger partial charge is 0.322 e. The summed E-state index contributed by atoms with van der Waals surface area (Å²) in [5, 5.41) is 5.69. The Morgan fingerprint density at radius 1 is 0.958 bits per heavy atom. The molecule has 2 aromatic rings. The molecule has 0 saturated heterocycles. The molecular formula is C20H26N2O2. The lowest BCUT2D eigenvalue weighted by atomic mass is 10.0. The predicted octanol–water partition coefficient (Wildman–Crippen LogP) is 4.97. The number of para-hydroxylation sites is 1. The molecule has 0 spiro atoms. The lowest BCUT2D eigenvalue weighted by molar-refractivity contribution is 0.183. The molecule has 2 aromatic carbocycles. The van der Waals surface area contributed by atoms with Crippen LogP contribution in [0.2, 0.25) is 0 Å². The van der Waals surface area contributed by atoms with E-state index in [0.717, 1.165) is 22.6 Å². The Hall–Kier alpha value is -2.49. The van der Waals surface area contributed by atoms with Gasteiger partial charge in [0.15, 0.2) is 6.23 Å². The van der Waals surface area contributed by atoms with Crippen molar-refractivity contribution in [1.29, 1.82) is 0 Å². The van der Waals surface area contributed by atoms with Gasteiger partial charge in [-0.1, -0.05) is 44.2 Å². The van der Waals surface area contributed by atoms with Crippen LogP contribution in [-0.4, -0.2) is 12.3 Å². The molecule has 0 saturated carbocycles. The van der Waals surface area contributed by atoms with E-state index in [1.165, 1.54) is 5.56 Å². The van der Waals surface area contributed by atoms with Crippen LogP contribution in [0, 0.1) is 13.8 Å². The molecular weight excluding hydrogens is 300 g/mol. The molecule has 0 fully saturated rings. The number of hydrogen-bond donors (Lipinski definition) is 2. The summed E-state index contributed by atoms with van der Waals surface area (Å²) in [6.07, 6.45) is -0.431. The molecule has 0 aromatic heterocycles. The molecule has 2 N–H and O–H groups in total. The van der Waals surface area contributed by atoms with Crippen LogP contribution in [0.3, 0.4) is 0 Å². The Labute approximate surface area is 144 Å². The average molecular weight is 326 g/mol. The number of hydrogen-bond acceptors (Lipinski definition) is 2. The summed E-state index contributed by atoms with van der Waals surface area (Å²) >= 11 is 0. The van der Waals surface area contributed by atoms with Gasteiger partial charge in [-0.25, -0.2) is 4.79 Å². The molecule has 24 heavy (non-hydrogen) atoms. The fourth-order valence-corrected chi connectivity index (χ4v) is 2.51. The summed E-state index contributed by atoms with van der Waals surface area (Å²) in [5.41, 5.74) is 4.16. The van der Waals surface area contributed by atoms with Gasteiger partial charge in [-0.3, -0.25) is 0 Å². The minimum Gasteiger partial charge on any atom is -0.471 e. The van der Waals surface area contributed by atoms with Crippen molar-refractivity contribution in [2.75, 3.05) is 5.32 Å². The molecule has 0 radical (unpaired) electrons. The lowest BCUT2D eigenvalue weighted by Crippen LogP contribution is -2.39. The zero-order valence-corrected chi connectivity index (χ0v) is 15.0. The third kappa shape index (κ3) is 4.75. The van der Waals surface area contributed by atoms with E-state index in [9.17, 15) is 4.79 Å². The van der Waals surface area contributed by atoms with Crippen LogP contribution < -0.4 is 15.4 Å². The van der Waals surface area contributed by atoms with E-state index in [2.05, 4.69) is 24.5 Å². The molecule has 2 rings (SSSR count). The number of benzene rings is 2. The number of carbonyl (C=O) groups is 1. The molecule has 0 aliphatic carbocycles. The highest BCUT2D eigenvalue weighted by Crippen LogP contribution is 2.20. The zero-order chi connectivity index (χ0) is 17.7. The van der Waals surface area contributed by atoms with Gasteiger partial charge < -0.3 is 15.4 Å². The van der Waals surface area contributed by atoms with E-state index < -0.39 is 6.23 Å². The van der Waals surface area contributed by atoms with Crippen molar-refractivity contribution in [1.82, 2.24) is 5.32 Å². The molecule has 0 bridgehead atoms. The summed E-state index contributed by atoms with van der Waals surface area (Å²) in [7, 11) is 0. The van der Waals surface area contributed by atoms with Crippen LogP contribution >= 0.6 is 0 Å². The van der Waals surface area contributed by atoms with Crippen molar-refractivity contribution in [3.63, 3.8) is 0 Å². The van der Waals surface area contributed by atoms with E-state index in [1.54, 1.807) is 6.92 Å². The summed E-state index contributed by atoms with van der Waals surface area (Å²) in [6.45, 7) is 10.0. The molecule has 4 nitrogen and oxygen atoms in total. The molecule has 2 amide bonds. The third-order valence-electron chi connectivity index (χ3n) is 3.91. The van der Waals surface area contributed by atoms with Crippen molar-refractivity contribution < 1.29 is 9.53 Å². The van der Waals surface area contributed by atoms with Gasteiger partial charge in [0, 0.05) is 5.69 Å². The first-order chi connectivity index (χ1) is 11.4. The standard InChI is InChI=1S/C20H26N2O2/c1-13(2)17-9-11-18(12-10-17)24-16(5)21-20(23)22-19-14(3)7-6-8-15(19)4/h6-13,16H,1-5H3,(H2,21,22,23). The van der Waals surface area contributed by atoms with Crippen LogP contribution in [0.1, 0.15) is 43.4 Å². The van der Waals surface area contributed by atoms with E-state index >= 15 is 0 Å². The largest absolute Gasteiger partial charge is 0.471 e. The highest BCUT2D eigenvalue weighted by Gasteiger charge is 2.11. The Morgan fingerprint density at radius 2 is 1.54 bits per heavy atom. The number of carbonyl (C=O) groups excluding carboxylic acids is 1. The van der Waals surface area contributed by atoms with Gasteiger partial charge in [0.2, 0.25) is 0 Å². The van der Waals surface area contributed by atoms with Gasteiger partial charge in [-0.15, -0.1) is 0 Å². The van der Waals surface area contributed by atoms with Gasteiger partial charge in [-0.2, -0.15) is 0 Å². The maximum Gasteiger partial charge on any atom is 0.322 e. The van der Waals surface area contributed by atoms with Gasteiger partial charge in [0.25, 0.3) is 0 Å². The van der Waals surface area contributed by atoms with Gasteiger partial charge in [-0.05, 0) is 55.5 Å². The number of ether oxygens (including phenoxy) is 1. The van der Waals surface area contributed by atoms with Crippen molar-refractivity contribution in [2.45, 2.75) is 46.8 Å². The molecule has 0 heterocycles. The van der Waals surface area contributed by atoms with Crippen LogP contribution in [0.15, 0.2) is 42.5 Å². The number of aryl methyl sites for hydroxylation is 2. The minimum absolute atomic E-state index is 0.279. The van der Waals surface area contributed by atoms with Crippen LogP contribution in [0.25, 0.3) is 0 Å². The van der Waals surface area contributed by atoms with Gasteiger partial charge in [0.1, 0.15) is 5.75 Å². The van der Waals surface area contributed by atoms with Crippen LogP contribution in [0.4, 0.5) is 10.5 Å². The first-order valence-corrected chi connectivity index (χ1v) is 8.27. The maximum absolute atomic E-state index is 12.2. The Balaban J connectivity index is 1.92. The van der Waals surface area contributed by atoms with Gasteiger partial charge in [0.05, 0.1) is 0 Å². The number of anilines is 1. The second-order valence-electron chi connectivity index (χ2n) is 6.35. The van der Waals surface area contributed by atoms with Crippen molar-refractivity contribution in [2.24, 2.45) is 0 Å². The van der Waals surface area contributed by atoms with Crippen LogP contribution in [0.5, 0.6) is 5.75 Å². The van der Waals surface area contributed by atoms with Gasteiger partial charge >= 0.3 is 6.03 Å². The zero-order valence-electron chi connectivity index (χ0n) is 15.0. The predicted molar refractivity (Wildman–Crippen MR) is 98.7 cm³/mol. The third-order valence-corrected chi connectivity index (χ3v) is 3.91. The topological polar surface area (TPSA) is 50.4 Å². The summed E-state index contributed by atoms with van der Waals surface area (Å²) in [4.78, 5) is 12.2. The monoisotopic (exact) mass is 326 g/mol. The number of nitrogens with one attached hydrogen (secondary N) is 2. The minimum atomic E-state index is -0.431. The van der Waals surface area contributed by atoms with Crippen LogP contribution in [-0.2, 0) is 0 Å². The second-order valence-corrected chi connectivity index (χ2v) is 6.35. The average Bonchev–Trinajstić information content (AvgIpc) is 2.51. The second kappa shape index (κ2) is 7.86. The number of rotatable bonds is 5. The van der Waals surface area contributed by atoms with E-state index in [4.69, 9.17) is 4.74 Å². The molecule has 0 aliphatic rings. The Kier molecular flexibility index (Phi) is 5.85. The summed E-state index contributed by atoms with van der Waals surface area (Å²) in [5.74, 6) is 1.22. The fraction of sp³-hybridized carbons (Fsp3) is 0.350. The summed E-state index contributed by atoms with van der Waals surface area (Å²) < 4.78 is 5.75. The first-order valence-electron chi connectivity index (χ1n) is 8.27. The molecule has 1 atom stereocenters. The SMILES string of the molecule is Cc1cccc(C)c1NC(=O)NC(C)Oc1ccc(C(C)C)cc1. The fourth-order valence-electron chi connectivity index (χ4n) is 2.51. The van der Waals surface area contributed by atoms with Crippen molar-refractivity contribution >= 4 is 11.7 Å². The van der Waals surface area contributed by atoms with E-state index in [-0.39, 0.29) is 6.03 Å². The number of amides is 2. The molecule has 128 valence electrons. The Bertz CT molecular complexity index is 673. The molecule has 4 heteroatoms. The first kappa shape index (κ1) is 17.9. The Morgan fingerprint density at radius 3 is 2.08 bits per heavy atom. The maximum atomic E-state index is 12.2. The normalized spacial score (nSPS) is 11.9. The van der Waals surface area contributed by atoms with Crippen molar-refractivity contribution in [3.8, 4) is 5.75 Å². The molecule has 1 unspecified atom stereocenters. The van der Waals surface area contributed by atoms with E-state index in [0.29, 0.717) is 5.92 Å². The highest BCUT2D eigenvalue weighted by atomic mass is 16.5. The number of urea groups is 1.